The van der Waals surface area contributed by atoms with Gasteiger partial charge in [0.1, 0.15) is 11.1 Å². The van der Waals surface area contributed by atoms with E-state index in [-0.39, 0.29) is 16.8 Å². The molecule has 0 saturated carbocycles. The number of ether oxygens (including phenoxy) is 1. The Bertz CT molecular complexity index is 306. The van der Waals surface area contributed by atoms with Crippen molar-refractivity contribution in [1.29, 1.82) is 0 Å². The van der Waals surface area contributed by atoms with Gasteiger partial charge in [0, 0.05) is 0 Å². The monoisotopic (exact) mass is 218 g/mol. The molecule has 1 N–H and O–H groups in total. The molecule has 0 unspecified atom stereocenters. The molecular formula is C9H8Cl2O2. The van der Waals surface area contributed by atoms with Crippen LogP contribution < -0.4 is 4.74 Å². The third-order valence-corrected chi connectivity index (χ3v) is 1.65. The van der Waals surface area contributed by atoms with Gasteiger partial charge in [-0.2, -0.15) is 0 Å². The first-order valence-corrected chi connectivity index (χ1v) is 4.37. The Morgan fingerprint density at radius 2 is 2.08 bits per heavy atom. The number of benzene rings is 1. The standard InChI is InChI=1S/C9H8Cl2O2/c10-9(11)5-6-13-8-4-2-1-3-7(8)12/h1-5,12H,6H2. The number of hydrogen-bond donors (Lipinski definition) is 1. The fraction of sp³-hybridized carbons (Fsp3) is 0.111. The number of hydrogen-bond acceptors (Lipinski definition) is 2. The molecule has 2 nitrogen and oxygen atoms in total. The summed E-state index contributed by atoms with van der Waals surface area (Å²) in [6.07, 6.45) is 1.50. The van der Waals surface area contributed by atoms with Crippen LogP contribution in [0.25, 0.3) is 0 Å². The van der Waals surface area contributed by atoms with E-state index < -0.39 is 0 Å². The molecule has 13 heavy (non-hydrogen) atoms. The second-order valence-corrected chi connectivity index (χ2v) is 3.28. The van der Waals surface area contributed by atoms with Crippen molar-refractivity contribution >= 4 is 23.2 Å². The fourth-order valence-corrected chi connectivity index (χ4v) is 0.900. The Morgan fingerprint density at radius 3 is 2.69 bits per heavy atom. The molecule has 0 saturated heterocycles. The van der Waals surface area contributed by atoms with Crippen molar-refractivity contribution < 1.29 is 9.84 Å². The second-order valence-electron chi connectivity index (χ2n) is 2.27. The van der Waals surface area contributed by atoms with E-state index in [9.17, 15) is 5.11 Å². The number of phenolic OH excluding ortho intramolecular Hbond substituents is 1. The van der Waals surface area contributed by atoms with Gasteiger partial charge in [-0.15, -0.1) is 0 Å². The van der Waals surface area contributed by atoms with Crippen molar-refractivity contribution in [1.82, 2.24) is 0 Å². The first-order valence-electron chi connectivity index (χ1n) is 3.62. The minimum atomic E-state index is 0.0987. The Labute approximate surface area is 86.4 Å². The maximum Gasteiger partial charge on any atom is 0.161 e. The molecule has 0 aliphatic heterocycles. The largest absolute Gasteiger partial charge is 0.504 e. The molecule has 0 aliphatic carbocycles. The summed E-state index contributed by atoms with van der Waals surface area (Å²) < 4.78 is 5.30. The van der Waals surface area contributed by atoms with Crippen molar-refractivity contribution in [3.05, 3.63) is 34.8 Å². The molecule has 0 aromatic heterocycles. The van der Waals surface area contributed by atoms with Crippen LogP contribution in [0.3, 0.4) is 0 Å². The van der Waals surface area contributed by atoms with Crippen LogP contribution in [0.5, 0.6) is 11.5 Å². The molecule has 0 aliphatic rings. The van der Waals surface area contributed by atoms with Crippen LogP contribution in [0.15, 0.2) is 34.8 Å². The van der Waals surface area contributed by atoms with E-state index in [0.717, 1.165) is 0 Å². The molecule has 0 heterocycles. The summed E-state index contributed by atoms with van der Waals surface area (Å²) in [5.41, 5.74) is 0. The lowest BCUT2D eigenvalue weighted by Crippen LogP contribution is -1.93. The quantitative estimate of drug-likeness (QED) is 0.846. The van der Waals surface area contributed by atoms with Crippen LogP contribution >= 0.6 is 23.2 Å². The molecule has 1 aromatic carbocycles. The Hall–Kier alpha value is -0.860. The Kier molecular flexibility index (Phi) is 3.93. The van der Waals surface area contributed by atoms with Gasteiger partial charge in [-0.3, -0.25) is 0 Å². The normalized spacial score (nSPS) is 9.38. The summed E-state index contributed by atoms with van der Waals surface area (Å²) >= 11 is 10.7. The van der Waals surface area contributed by atoms with Crippen LogP contribution in [0.1, 0.15) is 0 Å². The Morgan fingerprint density at radius 1 is 1.38 bits per heavy atom. The Balaban J connectivity index is 2.55. The molecule has 0 radical (unpaired) electrons. The van der Waals surface area contributed by atoms with Crippen molar-refractivity contribution in [2.24, 2.45) is 0 Å². The minimum absolute atomic E-state index is 0.0987. The van der Waals surface area contributed by atoms with Crippen molar-refractivity contribution in [2.75, 3.05) is 6.61 Å². The molecule has 1 rings (SSSR count). The summed E-state index contributed by atoms with van der Waals surface area (Å²) in [7, 11) is 0. The summed E-state index contributed by atoms with van der Waals surface area (Å²) in [6.45, 7) is 0.236. The summed E-state index contributed by atoms with van der Waals surface area (Å²) in [6, 6.07) is 6.68. The topological polar surface area (TPSA) is 29.5 Å². The molecule has 0 fully saturated rings. The van der Waals surface area contributed by atoms with Crippen molar-refractivity contribution in [3.63, 3.8) is 0 Å². The molecule has 0 amide bonds. The van der Waals surface area contributed by atoms with E-state index >= 15 is 0 Å². The number of aromatic hydroxyl groups is 1. The first-order chi connectivity index (χ1) is 6.20. The van der Waals surface area contributed by atoms with Gasteiger partial charge in [-0.05, 0) is 18.2 Å². The second kappa shape index (κ2) is 5.00. The average molecular weight is 219 g/mol. The molecular weight excluding hydrogens is 211 g/mol. The first kappa shape index (κ1) is 10.2. The zero-order valence-corrected chi connectivity index (χ0v) is 8.22. The summed E-state index contributed by atoms with van der Waals surface area (Å²) in [4.78, 5) is 0. The van der Waals surface area contributed by atoms with Gasteiger partial charge in [-0.25, -0.2) is 0 Å². The SMILES string of the molecule is Oc1ccccc1OCC=C(Cl)Cl. The third kappa shape index (κ3) is 3.57. The molecule has 0 spiro atoms. The number of phenols is 1. The van der Waals surface area contributed by atoms with Crippen LogP contribution in [-0.2, 0) is 0 Å². The highest BCUT2D eigenvalue weighted by Crippen LogP contribution is 2.24. The van der Waals surface area contributed by atoms with Crippen molar-refractivity contribution in [2.45, 2.75) is 0 Å². The average Bonchev–Trinajstić information content (AvgIpc) is 2.08. The van der Waals surface area contributed by atoms with E-state index in [1.165, 1.54) is 6.08 Å². The van der Waals surface area contributed by atoms with Crippen LogP contribution in [-0.4, -0.2) is 11.7 Å². The van der Waals surface area contributed by atoms with Gasteiger partial charge in [0.25, 0.3) is 0 Å². The summed E-state index contributed by atoms with van der Waals surface area (Å²) in [5.74, 6) is 0.509. The fourth-order valence-electron chi connectivity index (χ4n) is 0.774. The highest BCUT2D eigenvalue weighted by Gasteiger charge is 1.97. The molecule has 0 bridgehead atoms. The van der Waals surface area contributed by atoms with E-state index in [1.54, 1.807) is 24.3 Å². The highest BCUT2D eigenvalue weighted by atomic mass is 35.5. The van der Waals surface area contributed by atoms with Gasteiger partial charge in [0.15, 0.2) is 11.5 Å². The molecule has 4 heteroatoms. The lowest BCUT2D eigenvalue weighted by atomic mass is 10.3. The van der Waals surface area contributed by atoms with E-state index in [0.29, 0.717) is 5.75 Å². The van der Waals surface area contributed by atoms with E-state index in [1.807, 2.05) is 0 Å². The van der Waals surface area contributed by atoms with Gasteiger partial charge in [0.05, 0.1) is 0 Å². The predicted molar refractivity (Wildman–Crippen MR) is 53.4 cm³/mol. The van der Waals surface area contributed by atoms with Crippen LogP contribution in [0.2, 0.25) is 0 Å². The van der Waals surface area contributed by atoms with Crippen LogP contribution in [0, 0.1) is 0 Å². The molecule has 70 valence electrons. The smallest absolute Gasteiger partial charge is 0.161 e. The number of halogens is 2. The lowest BCUT2D eigenvalue weighted by molar-refractivity contribution is 0.336. The maximum atomic E-state index is 9.26. The third-order valence-electron chi connectivity index (χ3n) is 1.34. The zero-order valence-electron chi connectivity index (χ0n) is 6.71. The number of rotatable bonds is 3. The molecule has 0 atom stereocenters. The molecule has 1 aromatic rings. The van der Waals surface area contributed by atoms with E-state index in [4.69, 9.17) is 27.9 Å². The lowest BCUT2D eigenvalue weighted by Gasteiger charge is -2.04. The van der Waals surface area contributed by atoms with Gasteiger partial charge in [-0.1, -0.05) is 35.3 Å². The zero-order chi connectivity index (χ0) is 9.68. The maximum absolute atomic E-state index is 9.26. The van der Waals surface area contributed by atoms with Gasteiger partial charge >= 0.3 is 0 Å². The predicted octanol–water partition coefficient (Wildman–Crippen LogP) is 3.09. The van der Waals surface area contributed by atoms with Gasteiger partial charge < -0.3 is 9.84 Å². The van der Waals surface area contributed by atoms with Gasteiger partial charge in [0.2, 0.25) is 0 Å². The van der Waals surface area contributed by atoms with Crippen LogP contribution in [0.4, 0.5) is 0 Å². The number of para-hydroxylation sites is 2. The summed E-state index contributed by atoms with van der Waals surface area (Å²) in [5, 5.41) is 9.26. The van der Waals surface area contributed by atoms with Crippen molar-refractivity contribution in [3.8, 4) is 11.5 Å². The highest BCUT2D eigenvalue weighted by molar-refractivity contribution is 6.55. The minimum Gasteiger partial charge on any atom is -0.504 e. The van der Waals surface area contributed by atoms with E-state index in [2.05, 4.69) is 0 Å².